The molecule has 128 valence electrons. The molecule has 2 atom stereocenters. The summed E-state index contributed by atoms with van der Waals surface area (Å²) in [5.74, 6) is 0.829. The van der Waals surface area contributed by atoms with Gasteiger partial charge in [-0.2, -0.15) is 13.2 Å². The largest absolute Gasteiger partial charge is 0.476 e. The summed E-state index contributed by atoms with van der Waals surface area (Å²) in [6.07, 6.45) is -1.38. The predicted molar refractivity (Wildman–Crippen MR) is 77.3 cm³/mol. The lowest BCUT2D eigenvalue weighted by atomic mass is 10.2. The van der Waals surface area contributed by atoms with Crippen LogP contribution in [0.1, 0.15) is 23.7 Å². The van der Waals surface area contributed by atoms with Crippen molar-refractivity contribution in [3.63, 3.8) is 0 Å². The summed E-state index contributed by atoms with van der Waals surface area (Å²) in [6, 6.07) is 5.68. The molecular formula is C16H15F3N2O3. The zero-order valence-corrected chi connectivity index (χ0v) is 12.5. The quantitative estimate of drug-likeness (QED) is 0.821. The number of furan rings is 1. The van der Waals surface area contributed by atoms with Crippen molar-refractivity contribution >= 4 is 5.91 Å². The van der Waals surface area contributed by atoms with Crippen LogP contribution in [-0.2, 0) is 11.0 Å². The molecule has 24 heavy (non-hydrogen) atoms. The zero-order valence-electron chi connectivity index (χ0n) is 12.5. The first kappa shape index (κ1) is 16.4. The van der Waals surface area contributed by atoms with Gasteiger partial charge in [0.05, 0.1) is 18.4 Å². The van der Waals surface area contributed by atoms with Gasteiger partial charge < -0.3 is 14.5 Å². The number of rotatable bonds is 6. The van der Waals surface area contributed by atoms with Crippen LogP contribution in [0.3, 0.4) is 0 Å². The van der Waals surface area contributed by atoms with Crippen molar-refractivity contribution in [1.82, 2.24) is 10.3 Å². The molecule has 0 aromatic carbocycles. The number of carbonyl (C=O) groups excluding carboxylic acids is 1. The van der Waals surface area contributed by atoms with E-state index in [2.05, 4.69) is 10.3 Å². The normalized spacial score (nSPS) is 19.8. The summed E-state index contributed by atoms with van der Waals surface area (Å²) >= 11 is 0. The molecule has 3 rings (SSSR count). The smallest absolute Gasteiger partial charge is 0.417 e. The number of hydrogen-bond donors (Lipinski definition) is 1. The standard InChI is InChI=1S/C16H15F3N2O3/c17-16(18,19)10-3-4-14(21-9-10)24-7-5-20-15(22)12-8-11(12)13-2-1-6-23-13/h1-4,6,9,11-12H,5,7-8H2,(H,20,22). The number of pyridine rings is 1. The number of halogens is 3. The number of alkyl halides is 3. The van der Waals surface area contributed by atoms with Crippen molar-refractivity contribution in [2.24, 2.45) is 5.92 Å². The van der Waals surface area contributed by atoms with E-state index in [1.807, 2.05) is 6.07 Å². The summed E-state index contributed by atoms with van der Waals surface area (Å²) < 4.78 is 47.7. The van der Waals surface area contributed by atoms with Gasteiger partial charge in [0.2, 0.25) is 11.8 Å². The van der Waals surface area contributed by atoms with Crippen LogP contribution in [0.2, 0.25) is 0 Å². The van der Waals surface area contributed by atoms with Crippen molar-refractivity contribution in [2.45, 2.75) is 18.5 Å². The molecule has 0 saturated heterocycles. The lowest BCUT2D eigenvalue weighted by Crippen LogP contribution is -2.29. The van der Waals surface area contributed by atoms with Gasteiger partial charge in [0.25, 0.3) is 0 Å². The van der Waals surface area contributed by atoms with E-state index in [0.717, 1.165) is 24.3 Å². The van der Waals surface area contributed by atoms with E-state index < -0.39 is 11.7 Å². The van der Waals surface area contributed by atoms with Crippen molar-refractivity contribution in [3.8, 4) is 5.88 Å². The van der Waals surface area contributed by atoms with E-state index in [9.17, 15) is 18.0 Å². The number of carbonyl (C=O) groups is 1. The summed E-state index contributed by atoms with van der Waals surface area (Å²) in [6.45, 7) is 0.380. The van der Waals surface area contributed by atoms with Crippen LogP contribution < -0.4 is 10.1 Å². The average molecular weight is 340 g/mol. The third kappa shape index (κ3) is 3.87. The van der Waals surface area contributed by atoms with Gasteiger partial charge in [0.15, 0.2) is 0 Å². The molecule has 5 nitrogen and oxygen atoms in total. The number of nitrogens with one attached hydrogen (secondary N) is 1. The van der Waals surface area contributed by atoms with Gasteiger partial charge in [-0.05, 0) is 24.6 Å². The molecular weight excluding hydrogens is 325 g/mol. The molecule has 0 spiro atoms. The van der Waals surface area contributed by atoms with Gasteiger partial charge >= 0.3 is 6.18 Å². The van der Waals surface area contributed by atoms with Crippen molar-refractivity contribution < 1.29 is 27.1 Å². The molecule has 1 aliphatic rings. The number of nitrogens with zero attached hydrogens (tertiary/aromatic N) is 1. The van der Waals surface area contributed by atoms with Gasteiger partial charge in [-0.3, -0.25) is 4.79 Å². The number of amides is 1. The fraction of sp³-hybridized carbons (Fsp3) is 0.375. The SMILES string of the molecule is O=C(NCCOc1ccc(C(F)(F)F)cn1)C1CC1c1ccco1. The molecule has 0 aliphatic heterocycles. The predicted octanol–water partition coefficient (Wildman–Crippen LogP) is 2.99. The second-order valence-electron chi connectivity index (χ2n) is 5.49. The van der Waals surface area contributed by atoms with Gasteiger partial charge in [0, 0.05) is 24.1 Å². The Hall–Kier alpha value is -2.51. The van der Waals surface area contributed by atoms with Gasteiger partial charge in [-0.25, -0.2) is 4.98 Å². The van der Waals surface area contributed by atoms with Crippen LogP contribution in [0, 0.1) is 5.92 Å². The lowest BCUT2D eigenvalue weighted by molar-refractivity contribution is -0.137. The maximum absolute atomic E-state index is 12.4. The lowest BCUT2D eigenvalue weighted by Gasteiger charge is -2.09. The summed E-state index contributed by atoms with van der Waals surface area (Å²) in [5, 5.41) is 2.73. The Morgan fingerprint density at radius 1 is 1.38 bits per heavy atom. The Bertz CT molecular complexity index is 684. The molecule has 2 aromatic heterocycles. The molecule has 2 aromatic rings. The summed E-state index contributed by atoms with van der Waals surface area (Å²) in [4.78, 5) is 15.5. The Labute approximate surface area is 135 Å². The third-order valence-corrected chi connectivity index (χ3v) is 3.75. The van der Waals surface area contributed by atoms with Crippen LogP contribution in [0.4, 0.5) is 13.2 Å². The van der Waals surface area contributed by atoms with Crippen LogP contribution in [-0.4, -0.2) is 24.0 Å². The van der Waals surface area contributed by atoms with Crippen LogP contribution in [0.15, 0.2) is 41.1 Å². The van der Waals surface area contributed by atoms with Crippen LogP contribution in [0.25, 0.3) is 0 Å². The van der Waals surface area contributed by atoms with E-state index in [4.69, 9.17) is 9.15 Å². The molecule has 1 amide bonds. The fourth-order valence-electron chi connectivity index (χ4n) is 2.40. The Morgan fingerprint density at radius 3 is 2.83 bits per heavy atom. The highest BCUT2D eigenvalue weighted by Gasteiger charge is 2.45. The van der Waals surface area contributed by atoms with E-state index in [1.165, 1.54) is 0 Å². The highest BCUT2D eigenvalue weighted by Crippen LogP contribution is 2.47. The molecule has 2 unspecified atom stereocenters. The maximum Gasteiger partial charge on any atom is 0.417 e. The molecule has 0 bridgehead atoms. The van der Waals surface area contributed by atoms with E-state index in [-0.39, 0.29) is 36.8 Å². The molecule has 2 heterocycles. The zero-order chi connectivity index (χ0) is 17.2. The monoisotopic (exact) mass is 340 g/mol. The number of ether oxygens (including phenoxy) is 1. The van der Waals surface area contributed by atoms with E-state index in [0.29, 0.717) is 6.20 Å². The molecule has 1 fully saturated rings. The minimum atomic E-state index is -4.42. The van der Waals surface area contributed by atoms with Crippen molar-refractivity contribution in [3.05, 3.63) is 48.0 Å². The highest BCUT2D eigenvalue weighted by atomic mass is 19.4. The minimum absolute atomic E-state index is 0.0807. The van der Waals surface area contributed by atoms with Gasteiger partial charge in [-0.15, -0.1) is 0 Å². The topological polar surface area (TPSA) is 64.4 Å². The Morgan fingerprint density at radius 2 is 2.21 bits per heavy atom. The molecule has 1 N–H and O–H groups in total. The van der Waals surface area contributed by atoms with Gasteiger partial charge in [0.1, 0.15) is 12.4 Å². The molecule has 1 saturated carbocycles. The van der Waals surface area contributed by atoms with Gasteiger partial charge in [-0.1, -0.05) is 0 Å². The average Bonchev–Trinajstić information content (AvgIpc) is 3.16. The Kier molecular flexibility index (Phi) is 4.46. The highest BCUT2D eigenvalue weighted by molar-refractivity contribution is 5.82. The van der Waals surface area contributed by atoms with Crippen molar-refractivity contribution in [2.75, 3.05) is 13.2 Å². The number of aromatic nitrogens is 1. The van der Waals surface area contributed by atoms with E-state index >= 15 is 0 Å². The number of hydrogen-bond acceptors (Lipinski definition) is 4. The molecule has 1 aliphatic carbocycles. The van der Waals surface area contributed by atoms with Crippen LogP contribution >= 0.6 is 0 Å². The first-order chi connectivity index (χ1) is 11.4. The first-order valence-electron chi connectivity index (χ1n) is 7.42. The summed E-state index contributed by atoms with van der Waals surface area (Å²) in [7, 11) is 0. The second kappa shape index (κ2) is 6.54. The minimum Gasteiger partial charge on any atom is -0.476 e. The molecule has 8 heteroatoms. The Balaban J connectivity index is 1.37. The fourth-order valence-corrected chi connectivity index (χ4v) is 2.40. The third-order valence-electron chi connectivity index (χ3n) is 3.75. The maximum atomic E-state index is 12.4. The van der Waals surface area contributed by atoms with Crippen LogP contribution in [0.5, 0.6) is 5.88 Å². The summed E-state index contributed by atoms with van der Waals surface area (Å²) in [5.41, 5.74) is -0.833. The van der Waals surface area contributed by atoms with E-state index in [1.54, 1.807) is 12.3 Å². The second-order valence-corrected chi connectivity index (χ2v) is 5.49. The molecule has 0 radical (unpaired) electrons. The first-order valence-corrected chi connectivity index (χ1v) is 7.42. The van der Waals surface area contributed by atoms with Crippen molar-refractivity contribution in [1.29, 1.82) is 0 Å².